The molecule has 0 bridgehead atoms. The maximum atomic E-state index is 12.4. The molecule has 0 aliphatic rings. The molecule has 0 heterocycles. The molecule has 11 nitrogen and oxygen atoms in total. The summed E-state index contributed by atoms with van der Waals surface area (Å²) in [6.07, 6.45) is 22.1. The van der Waals surface area contributed by atoms with Crippen LogP contribution in [0.3, 0.4) is 0 Å². The minimum Gasteiger partial charge on any atom is -0.480 e. The predicted octanol–water partition coefficient (Wildman–Crippen LogP) is 6.38. The fourth-order valence-corrected chi connectivity index (χ4v) is 4.46. The van der Waals surface area contributed by atoms with Gasteiger partial charge in [0.05, 0.1) is 13.2 Å². The number of rotatable bonds is 28. The third-order valence-electron chi connectivity index (χ3n) is 6.20. The van der Waals surface area contributed by atoms with Crippen LogP contribution in [-0.4, -0.2) is 59.9 Å². The Kier molecular flexibility index (Phi) is 25.3. The van der Waals surface area contributed by atoms with Crippen LogP contribution in [0.5, 0.6) is 0 Å². The van der Waals surface area contributed by atoms with Crippen molar-refractivity contribution in [2.24, 2.45) is 5.73 Å². The second kappa shape index (κ2) is 26.6. The molecular formula is C30H54NO10P. The molecule has 0 amide bonds. The van der Waals surface area contributed by atoms with E-state index < -0.39 is 51.1 Å². The van der Waals surface area contributed by atoms with Crippen molar-refractivity contribution in [3.8, 4) is 0 Å². The fraction of sp³-hybridized carbons (Fsp3) is 0.767. The van der Waals surface area contributed by atoms with Gasteiger partial charge >= 0.3 is 25.7 Å². The van der Waals surface area contributed by atoms with E-state index in [9.17, 15) is 23.8 Å². The molecule has 0 saturated carbocycles. The number of ether oxygens (including phenoxy) is 2. The number of carboxylic acid groups (broad SMARTS) is 1. The van der Waals surface area contributed by atoms with Crippen LogP contribution in [0.4, 0.5) is 0 Å². The lowest BCUT2D eigenvalue weighted by atomic mass is 10.1. The molecular weight excluding hydrogens is 565 g/mol. The van der Waals surface area contributed by atoms with Crippen molar-refractivity contribution in [2.45, 2.75) is 129 Å². The van der Waals surface area contributed by atoms with E-state index in [1.54, 1.807) is 0 Å². The zero-order valence-corrected chi connectivity index (χ0v) is 26.5. The highest BCUT2D eigenvalue weighted by Gasteiger charge is 2.28. The van der Waals surface area contributed by atoms with Crippen molar-refractivity contribution in [2.75, 3.05) is 19.8 Å². The number of hydrogen-bond donors (Lipinski definition) is 3. The van der Waals surface area contributed by atoms with Crippen molar-refractivity contribution < 1.29 is 47.5 Å². The van der Waals surface area contributed by atoms with Crippen LogP contribution in [0.15, 0.2) is 24.3 Å². The number of carbonyl (C=O) groups is 3. The summed E-state index contributed by atoms with van der Waals surface area (Å²) in [6, 6.07) is -1.52. The minimum atomic E-state index is -4.69. The van der Waals surface area contributed by atoms with Crippen LogP contribution >= 0.6 is 7.82 Å². The van der Waals surface area contributed by atoms with E-state index in [1.165, 1.54) is 19.3 Å². The molecule has 244 valence electrons. The topological polar surface area (TPSA) is 172 Å². The smallest absolute Gasteiger partial charge is 0.472 e. The summed E-state index contributed by atoms with van der Waals surface area (Å²) in [5.74, 6) is -2.43. The highest BCUT2D eigenvalue weighted by molar-refractivity contribution is 7.47. The van der Waals surface area contributed by atoms with Crippen LogP contribution < -0.4 is 5.73 Å². The van der Waals surface area contributed by atoms with Gasteiger partial charge in [0, 0.05) is 12.8 Å². The molecule has 0 aromatic carbocycles. The average Bonchev–Trinajstić information content (AvgIpc) is 2.95. The van der Waals surface area contributed by atoms with Gasteiger partial charge in [0.15, 0.2) is 6.10 Å². The molecule has 0 radical (unpaired) electrons. The van der Waals surface area contributed by atoms with Crippen LogP contribution in [0.25, 0.3) is 0 Å². The monoisotopic (exact) mass is 619 g/mol. The number of unbranched alkanes of at least 4 members (excludes halogenated alkanes) is 10. The Morgan fingerprint density at radius 3 is 1.90 bits per heavy atom. The second-order valence-electron chi connectivity index (χ2n) is 10.2. The van der Waals surface area contributed by atoms with Gasteiger partial charge in [0.25, 0.3) is 0 Å². The first-order valence-electron chi connectivity index (χ1n) is 15.4. The number of hydrogen-bond acceptors (Lipinski definition) is 9. The zero-order chi connectivity index (χ0) is 31.5. The normalized spacial score (nSPS) is 14.6. The average molecular weight is 620 g/mol. The van der Waals surface area contributed by atoms with E-state index in [4.69, 9.17) is 24.8 Å². The standard InChI is InChI=1S/C30H54NO10P/c1-3-5-7-8-9-10-11-12-13-14-15-16-17-18-20-22-29(33)41-26(23-38-28(32)21-19-6-4-2)24-39-42(36,37)40-25-27(31)30(34)35/h9-10,12-13,26-27H,3-8,11,14-25,31H2,1-2H3,(H,34,35)(H,36,37)/b10-9-,13-12-. The Bertz CT molecular complexity index is 833. The number of phosphoric acid groups is 1. The largest absolute Gasteiger partial charge is 0.480 e. The van der Waals surface area contributed by atoms with Gasteiger partial charge in [-0.1, -0.05) is 83.1 Å². The lowest BCUT2D eigenvalue weighted by Gasteiger charge is -2.20. The molecule has 0 aromatic rings. The Morgan fingerprint density at radius 2 is 1.26 bits per heavy atom. The summed E-state index contributed by atoms with van der Waals surface area (Å²) in [5, 5.41) is 8.77. The summed E-state index contributed by atoms with van der Waals surface area (Å²) in [7, 11) is -4.69. The Hall–Kier alpha value is -2.04. The Labute approximate surface area is 251 Å². The maximum absolute atomic E-state index is 12.4. The molecule has 4 N–H and O–H groups in total. The molecule has 0 aliphatic carbocycles. The first-order valence-corrected chi connectivity index (χ1v) is 16.9. The zero-order valence-electron chi connectivity index (χ0n) is 25.6. The molecule has 0 aliphatic heterocycles. The van der Waals surface area contributed by atoms with E-state index in [0.717, 1.165) is 57.8 Å². The number of aliphatic carboxylic acids is 1. The van der Waals surface area contributed by atoms with E-state index in [1.807, 2.05) is 6.92 Å². The van der Waals surface area contributed by atoms with Gasteiger partial charge < -0.3 is 25.2 Å². The SMILES string of the molecule is CCCCC/C=C\C/C=C\CCCCCCCC(=O)OC(COC(=O)CCCCC)COP(=O)(O)OCC(N)C(=O)O. The summed E-state index contributed by atoms with van der Waals surface area (Å²) >= 11 is 0. The summed E-state index contributed by atoms with van der Waals surface area (Å²) in [4.78, 5) is 44.9. The molecule has 3 unspecified atom stereocenters. The van der Waals surface area contributed by atoms with Crippen molar-refractivity contribution >= 4 is 25.7 Å². The van der Waals surface area contributed by atoms with Crippen molar-refractivity contribution in [3.05, 3.63) is 24.3 Å². The van der Waals surface area contributed by atoms with Crippen molar-refractivity contribution in [1.29, 1.82) is 0 Å². The molecule has 3 atom stereocenters. The Morgan fingerprint density at radius 1 is 0.738 bits per heavy atom. The van der Waals surface area contributed by atoms with Gasteiger partial charge in [0.1, 0.15) is 12.6 Å². The number of esters is 2. The van der Waals surface area contributed by atoms with Gasteiger partial charge in [0.2, 0.25) is 0 Å². The molecule has 0 rings (SSSR count). The third kappa shape index (κ3) is 25.7. The fourth-order valence-electron chi connectivity index (χ4n) is 3.68. The number of allylic oxidation sites excluding steroid dienone is 4. The van der Waals surface area contributed by atoms with E-state index in [2.05, 4.69) is 35.8 Å². The van der Waals surface area contributed by atoms with E-state index in [-0.39, 0.29) is 19.4 Å². The highest BCUT2D eigenvalue weighted by Crippen LogP contribution is 2.43. The van der Waals surface area contributed by atoms with E-state index in [0.29, 0.717) is 12.8 Å². The van der Waals surface area contributed by atoms with Gasteiger partial charge in [-0.05, 0) is 44.9 Å². The molecule has 0 saturated heterocycles. The maximum Gasteiger partial charge on any atom is 0.472 e. The number of phosphoric ester groups is 1. The van der Waals surface area contributed by atoms with Gasteiger partial charge in [-0.2, -0.15) is 0 Å². The highest BCUT2D eigenvalue weighted by atomic mass is 31.2. The number of carbonyl (C=O) groups excluding carboxylic acids is 2. The first kappa shape index (κ1) is 40.0. The first-order chi connectivity index (χ1) is 20.1. The van der Waals surface area contributed by atoms with Gasteiger partial charge in [-0.25, -0.2) is 4.57 Å². The van der Waals surface area contributed by atoms with Crippen LogP contribution in [0, 0.1) is 0 Å². The van der Waals surface area contributed by atoms with Crippen LogP contribution in [0.2, 0.25) is 0 Å². The number of nitrogens with two attached hydrogens (primary N) is 1. The quantitative estimate of drug-likeness (QED) is 0.0384. The minimum absolute atomic E-state index is 0.145. The Balaban J connectivity index is 4.39. The molecule has 0 aromatic heterocycles. The third-order valence-corrected chi connectivity index (χ3v) is 7.15. The van der Waals surface area contributed by atoms with E-state index >= 15 is 0 Å². The van der Waals surface area contributed by atoms with Crippen molar-refractivity contribution in [3.63, 3.8) is 0 Å². The predicted molar refractivity (Wildman–Crippen MR) is 162 cm³/mol. The summed E-state index contributed by atoms with van der Waals surface area (Å²) in [6.45, 7) is 2.51. The molecule has 42 heavy (non-hydrogen) atoms. The molecule has 0 spiro atoms. The van der Waals surface area contributed by atoms with Gasteiger partial charge in [-0.3, -0.25) is 23.4 Å². The van der Waals surface area contributed by atoms with Crippen LogP contribution in [-0.2, 0) is 37.5 Å². The lowest BCUT2D eigenvalue weighted by molar-refractivity contribution is -0.161. The lowest BCUT2D eigenvalue weighted by Crippen LogP contribution is -2.34. The molecule has 12 heteroatoms. The molecule has 0 fully saturated rings. The second-order valence-corrected chi connectivity index (χ2v) is 11.7. The van der Waals surface area contributed by atoms with Gasteiger partial charge in [-0.15, -0.1) is 0 Å². The summed E-state index contributed by atoms with van der Waals surface area (Å²) < 4.78 is 32.0. The van der Waals surface area contributed by atoms with Crippen molar-refractivity contribution in [1.82, 2.24) is 0 Å². The van der Waals surface area contributed by atoms with Crippen LogP contribution in [0.1, 0.15) is 117 Å². The number of carboxylic acids is 1. The summed E-state index contributed by atoms with van der Waals surface area (Å²) in [5.41, 5.74) is 5.26.